The maximum Gasteiger partial charge on any atom is 0.320 e. The molecule has 0 fully saturated rings. The molecule has 0 saturated carbocycles. The van der Waals surface area contributed by atoms with Crippen molar-refractivity contribution >= 4 is 17.3 Å². The number of aromatic nitrogens is 2. The molecule has 0 aliphatic rings. The monoisotopic (exact) mass is 281 g/mol. The highest BCUT2D eigenvalue weighted by atomic mass is 32.1. The lowest BCUT2D eigenvalue weighted by molar-refractivity contribution is -0.140. The maximum atomic E-state index is 11.0. The second-order valence-corrected chi connectivity index (χ2v) is 5.38. The molecular weight excluding hydrogens is 266 g/mol. The van der Waals surface area contributed by atoms with E-state index in [-0.39, 0.29) is 12.5 Å². The first-order valence-corrected chi connectivity index (χ1v) is 6.78. The number of nitrogens with zero attached hydrogens (tertiary/aromatic N) is 2. The zero-order valence-corrected chi connectivity index (χ0v) is 11.5. The van der Waals surface area contributed by atoms with Crippen LogP contribution >= 0.6 is 11.3 Å². The van der Waals surface area contributed by atoms with Gasteiger partial charge in [-0.25, -0.2) is 0 Å². The van der Waals surface area contributed by atoms with Gasteiger partial charge in [0.1, 0.15) is 6.04 Å². The normalized spacial score (nSPS) is 12.8. The quantitative estimate of drug-likeness (QED) is 0.842. The Morgan fingerprint density at radius 1 is 1.58 bits per heavy atom. The van der Waals surface area contributed by atoms with Crippen LogP contribution in [0.1, 0.15) is 19.7 Å². The third kappa shape index (κ3) is 3.39. The second-order valence-electron chi connectivity index (χ2n) is 4.43. The highest BCUT2D eigenvalue weighted by Gasteiger charge is 2.21. The Balaban J connectivity index is 1.99. The van der Waals surface area contributed by atoms with Crippen LogP contribution in [0.2, 0.25) is 0 Å². The zero-order chi connectivity index (χ0) is 13.8. The summed E-state index contributed by atoms with van der Waals surface area (Å²) >= 11 is 1.51. The van der Waals surface area contributed by atoms with E-state index in [0.29, 0.717) is 11.7 Å². The molecule has 1 atom stereocenters. The van der Waals surface area contributed by atoms with E-state index in [2.05, 4.69) is 15.5 Å². The number of carboxylic acid groups (broad SMARTS) is 1. The Hall–Kier alpha value is -1.73. The van der Waals surface area contributed by atoms with E-state index in [9.17, 15) is 4.79 Å². The van der Waals surface area contributed by atoms with Crippen molar-refractivity contribution in [2.45, 2.75) is 26.4 Å². The van der Waals surface area contributed by atoms with Crippen molar-refractivity contribution < 1.29 is 14.4 Å². The van der Waals surface area contributed by atoms with Crippen molar-refractivity contribution in [1.29, 1.82) is 0 Å². The number of nitrogens with one attached hydrogen (secondary N) is 1. The zero-order valence-electron chi connectivity index (χ0n) is 10.7. The van der Waals surface area contributed by atoms with Crippen molar-refractivity contribution in [2.24, 2.45) is 5.92 Å². The summed E-state index contributed by atoms with van der Waals surface area (Å²) in [4.78, 5) is 16.1. The summed E-state index contributed by atoms with van der Waals surface area (Å²) in [5, 5.41) is 17.7. The van der Waals surface area contributed by atoms with Crippen molar-refractivity contribution in [3.05, 3.63) is 23.3 Å². The van der Waals surface area contributed by atoms with Gasteiger partial charge >= 0.3 is 5.97 Å². The van der Waals surface area contributed by atoms with E-state index < -0.39 is 12.0 Å². The fourth-order valence-corrected chi connectivity index (χ4v) is 2.28. The van der Waals surface area contributed by atoms with Crippen LogP contribution < -0.4 is 5.32 Å². The van der Waals surface area contributed by atoms with Gasteiger partial charge in [0, 0.05) is 0 Å². The summed E-state index contributed by atoms with van der Waals surface area (Å²) in [6.45, 7) is 3.96. The molecule has 2 heterocycles. The minimum absolute atomic E-state index is 0.0128. The molecule has 0 saturated heterocycles. The Morgan fingerprint density at radius 3 is 2.95 bits per heavy atom. The molecule has 0 bridgehead atoms. The average Bonchev–Trinajstić information content (AvgIpc) is 2.98. The van der Waals surface area contributed by atoms with Crippen LogP contribution in [-0.4, -0.2) is 27.3 Å². The molecule has 2 rings (SSSR count). The van der Waals surface area contributed by atoms with E-state index in [1.54, 1.807) is 0 Å². The number of aliphatic carboxylic acids is 1. The van der Waals surface area contributed by atoms with E-state index in [1.165, 1.54) is 11.3 Å². The predicted molar refractivity (Wildman–Crippen MR) is 70.7 cm³/mol. The average molecular weight is 281 g/mol. The standard InChI is InChI=1S/C12H15N3O3S/c1-7(2)10(12(16)17)13-6-9-14-11(18-15-9)8-4-3-5-19-8/h3-5,7,10,13H,6H2,1-2H3,(H,16,17). The summed E-state index contributed by atoms with van der Waals surface area (Å²) in [5.41, 5.74) is 0. The van der Waals surface area contributed by atoms with E-state index in [1.807, 2.05) is 31.4 Å². The molecule has 7 heteroatoms. The summed E-state index contributed by atoms with van der Waals surface area (Å²) in [5.74, 6) is 0.0247. The molecule has 0 aliphatic heterocycles. The molecule has 102 valence electrons. The van der Waals surface area contributed by atoms with E-state index >= 15 is 0 Å². The van der Waals surface area contributed by atoms with Crippen molar-refractivity contribution in [3.8, 4) is 10.8 Å². The van der Waals surface area contributed by atoms with Crippen LogP contribution in [0.15, 0.2) is 22.0 Å². The molecule has 0 aliphatic carbocycles. The molecule has 6 nitrogen and oxygen atoms in total. The largest absolute Gasteiger partial charge is 0.480 e. The molecule has 1 unspecified atom stereocenters. The molecule has 2 aromatic rings. The molecule has 19 heavy (non-hydrogen) atoms. The second kappa shape index (κ2) is 5.94. The van der Waals surface area contributed by atoms with Gasteiger partial charge < -0.3 is 9.63 Å². The lowest BCUT2D eigenvalue weighted by Gasteiger charge is -2.16. The lowest BCUT2D eigenvalue weighted by atomic mass is 10.1. The third-order valence-corrected chi connectivity index (χ3v) is 3.47. The number of carbonyl (C=O) groups is 1. The fourth-order valence-electron chi connectivity index (χ4n) is 1.64. The molecule has 0 amide bonds. The van der Waals surface area contributed by atoms with Crippen LogP contribution in [-0.2, 0) is 11.3 Å². The third-order valence-electron chi connectivity index (χ3n) is 2.61. The van der Waals surface area contributed by atoms with Gasteiger partial charge in [0.2, 0.25) is 0 Å². The minimum Gasteiger partial charge on any atom is -0.480 e. The molecule has 0 spiro atoms. The van der Waals surface area contributed by atoms with Crippen molar-refractivity contribution in [3.63, 3.8) is 0 Å². The van der Waals surface area contributed by atoms with Crippen molar-refractivity contribution in [1.82, 2.24) is 15.5 Å². The highest BCUT2D eigenvalue weighted by molar-refractivity contribution is 7.13. The van der Waals surface area contributed by atoms with E-state index in [0.717, 1.165) is 4.88 Å². The molecule has 0 aromatic carbocycles. The fraction of sp³-hybridized carbons (Fsp3) is 0.417. The predicted octanol–water partition coefficient (Wildman–Crippen LogP) is 2.00. The van der Waals surface area contributed by atoms with E-state index in [4.69, 9.17) is 9.63 Å². The first-order chi connectivity index (χ1) is 9.08. The van der Waals surface area contributed by atoms with Crippen LogP contribution in [0.4, 0.5) is 0 Å². The summed E-state index contributed by atoms with van der Waals surface area (Å²) in [6.07, 6.45) is 0. The molecular formula is C12H15N3O3S. The van der Waals surface area contributed by atoms with Crippen LogP contribution in [0.25, 0.3) is 10.8 Å². The molecule has 2 N–H and O–H groups in total. The number of thiophene rings is 1. The maximum absolute atomic E-state index is 11.0. The van der Waals surface area contributed by atoms with Crippen LogP contribution in [0.5, 0.6) is 0 Å². The SMILES string of the molecule is CC(C)C(NCc1noc(-c2cccs2)n1)C(=O)O. The first kappa shape index (κ1) is 13.7. The Bertz CT molecular complexity index is 536. The first-order valence-electron chi connectivity index (χ1n) is 5.90. The van der Waals surface area contributed by atoms with Gasteiger partial charge in [0.25, 0.3) is 5.89 Å². The highest BCUT2D eigenvalue weighted by Crippen LogP contribution is 2.22. The number of carboxylic acids is 1. The Labute approximate surface area is 114 Å². The molecule has 2 aromatic heterocycles. The van der Waals surface area contributed by atoms with Gasteiger partial charge in [0.15, 0.2) is 5.82 Å². The number of rotatable bonds is 6. The molecule has 0 radical (unpaired) electrons. The Morgan fingerprint density at radius 2 is 2.37 bits per heavy atom. The van der Waals surface area contributed by atoms with Gasteiger partial charge in [0.05, 0.1) is 11.4 Å². The lowest BCUT2D eigenvalue weighted by Crippen LogP contribution is -2.40. The topological polar surface area (TPSA) is 88.3 Å². The van der Waals surface area contributed by atoms with Crippen molar-refractivity contribution in [2.75, 3.05) is 0 Å². The van der Waals surface area contributed by atoms with Crippen LogP contribution in [0.3, 0.4) is 0 Å². The summed E-state index contributed by atoms with van der Waals surface area (Å²) in [6, 6.07) is 3.17. The van der Waals surface area contributed by atoms with Gasteiger partial charge in [-0.05, 0) is 17.4 Å². The number of hydrogen-bond acceptors (Lipinski definition) is 6. The van der Waals surface area contributed by atoms with Gasteiger partial charge in [-0.15, -0.1) is 11.3 Å². The summed E-state index contributed by atoms with van der Waals surface area (Å²) < 4.78 is 5.12. The summed E-state index contributed by atoms with van der Waals surface area (Å²) in [7, 11) is 0. The van der Waals surface area contributed by atoms with Gasteiger partial charge in [-0.1, -0.05) is 25.1 Å². The minimum atomic E-state index is -0.878. The van der Waals surface area contributed by atoms with Gasteiger partial charge in [-0.3, -0.25) is 10.1 Å². The van der Waals surface area contributed by atoms with Gasteiger partial charge in [-0.2, -0.15) is 4.98 Å². The Kier molecular flexibility index (Phi) is 4.28. The number of hydrogen-bond donors (Lipinski definition) is 2. The smallest absolute Gasteiger partial charge is 0.320 e. The van der Waals surface area contributed by atoms with Crippen LogP contribution in [0, 0.1) is 5.92 Å².